The summed E-state index contributed by atoms with van der Waals surface area (Å²) in [5, 5.41) is 3.07. The fourth-order valence-electron chi connectivity index (χ4n) is 2.85. The lowest BCUT2D eigenvalue weighted by Gasteiger charge is -2.35. The Hall–Kier alpha value is -1.55. The normalized spacial score (nSPS) is 16.3. The van der Waals surface area contributed by atoms with E-state index in [0.29, 0.717) is 5.92 Å². The van der Waals surface area contributed by atoms with E-state index in [1.807, 2.05) is 36.9 Å². The molecule has 1 heterocycles. The molecule has 2 rings (SSSR count). The van der Waals surface area contributed by atoms with Crippen LogP contribution in [-0.2, 0) is 0 Å². The number of hydrogen-bond donors (Lipinski definition) is 1. The highest BCUT2D eigenvalue weighted by Gasteiger charge is 2.22. The second-order valence-corrected chi connectivity index (χ2v) is 6.38. The summed E-state index contributed by atoms with van der Waals surface area (Å²) in [5.74, 6) is 0.681. The quantitative estimate of drug-likeness (QED) is 0.928. The second kappa shape index (κ2) is 6.94. The zero-order valence-corrected chi connectivity index (χ0v) is 13.6. The van der Waals surface area contributed by atoms with E-state index >= 15 is 0 Å². The number of amides is 2. The first-order valence-electron chi connectivity index (χ1n) is 7.82. The highest BCUT2D eigenvalue weighted by Crippen LogP contribution is 2.20. The molecule has 4 heteroatoms. The summed E-state index contributed by atoms with van der Waals surface area (Å²) in [6, 6.07) is 6.11. The first-order valence-corrected chi connectivity index (χ1v) is 7.82. The number of anilines is 1. The van der Waals surface area contributed by atoms with Crippen LogP contribution in [0.2, 0.25) is 0 Å². The zero-order chi connectivity index (χ0) is 15.4. The Balaban J connectivity index is 1.91. The average molecular weight is 289 g/mol. The van der Waals surface area contributed by atoms with E-state index in [-0.39, 0.29) is 6.03 Å². The Morgan fingerprint density at radius 3 is 2.24 bits per heavy atom. The van der Waals surface area contributed by atoms with Gasteiger partial charge in [0.25, 0.3) is 0 Å². The van der Waals surface area contributed by atoms with Gasteiger partial charge in [-0.15, -0.1) is 0 Å². The number of piperazine rings is 1. The molecule has 4 nitrogen and oxygen atoms in total. The van der Waals surface area contributed by atoms with Crippen molar-refractivity contribution in [1.82, 2.24) is 9.80 Å². The van der Waals surface area contributed by atoms with Gasteiger partial charge in [0.1, 0.15) is 0 Å². The molecule has 1 aromatic carbocycles. The smallest absolute Gasteiger partial charge is 0.321 e. The van der Waals surface area contributed by atoms with Crippen LogP contribution in [0.4, 0.5) is 10.5 Å². The summed E-state index contributed by atoms with van der Waals surface area (Å²) in [5.41, 5.74) is 3.18. The van der Waals surface area contributed by atoms with Gasteiger partial charge >= 0.3 is 6.03 Å². The number of carbonyl (C=O) groups excluding carboxylic acids is 1. The van der Waals surface area contributed by atoms with Crippen molar-refractivity contribution >= 4 is 11.7 Å². The maximum absolute atomic E-state index is 12.4. The molecule has 1 aliphatic heterocycles. The van der Waals surface area contributed by atoms with E-state index < -0.39 is 0 Å². The second-order valence-electron chi connectivity index (χ2n) is 6.38. The Labute approximate surface area is 128 Å². The van der Waals surface area contributed by atoms with Crippen LogP contribution in [0.1, 0.15) is 25.0 Å². The highest BCUT2D eigenvalue weighted by atomic mass is 16.2. The molecular formula is C17H27N3O. The van der Waals surface area contributed by atoms with Crippen LogP contribution in [0.15, 0.2) is 18.2 Å². The lowest BCUT2D eigenvalue weighted by Crippen LogP contribution is -2.50. The molecule has 0 bridgehead atoms. The SMILES string of the molecule is Cc1cccc(C)c1NC(=O)N1CCN(CC(C)C)CC1. The van der Waals surface area contributed by atoms with Crippen LogP contribution in [0.3, 0.4) is 0 Å². The molecule has 0 spiro atoms. The van der Waals surface area contributed by atoms with Gasteiger partial charge in [0.05, 0.1) is 0 Å². The van der Waals surface area contributed by atoms with E-state index in [0.717, 1.165) is 49.5 Å². The summed E-state index contributed by atoms with van der Waals surface area (Å²) in [4.78, 5) is 16.8. The average Bonchev–Trinajstić information content (AvgIpc) is 2.43. The molecule has 0 aliphatic carbocycles. The number of nitrogens with one attached hydrogen (secondary N) is 1. The Kier molecular flexibility index (Phi) is 5.23. The molecule has 1 N–H and O–H groups in total. The predicted molar refractivity (Wildman–Crippen MR) is 87.8 cm³/mol. The molecule has 1 fully saturated rings. The van der Waals surface area contributed by atoms with Crippen LogP contribution in [0.5, 0.6) is 0 Å². The van der Waals surface area contributed by atoms with Crippen molar-refractivity contribution in [1.29, 1.82) is 0 Å². The lowest BCUT2D eigenvalue weighted by atomic mass is 10.1. The minimum atomic E-state index is 0.0246. The van der Waals surface area contributed by atoms with E-state index in [4.69, 9.17) is 0 Å². The molecule has 1 saturated heterocycles. The third-order valence-electron chi connectivity index (χ3n) is 4.00. The van der Waals surface area contributed by atoms with E-state index in [1.54, 1.807) is 0 Å². The number of carbonyl (C=O) groups is 1. The molecule has 116 valence electrons. The van der Waals surface area contributed by atoms with E-state index in [9.17, 15) is 4.79 Å². The van der Waals surface area contributed by atoms with Gasteiger partial charge in [-0.05, 0) is 30.9 Å². The fourth-order valence-corrected chi connectivity index (χ4v) is 2.85. The van der Waals surface area contributed by atoms with Crippen LogP contribution in [0.25, 0.3) is 0 Å². The summed E-state index contributed by atoms with van der Waals surface area (Å²) in [6.45, 7) is 13.2. The van der Waals surface area contributed by atoms with Crippen LogP contribution < -0.4 is 5.32 Å². The van der Waals surface area contributed by atoms with Crippen molar-refractivity contribution in [2.24, 2.45) is 5.92 Å². The molecule has 0 saturated carbocycles. The Morgan fingerprint density at radius 2 is 1.71 bits per heavy atom. The van der Waals surface area contributed by atoms with Crippen molar-refractivity contribution in [2.75, 3.05) is 38.0 Å². The van der Waals surface area contributed by atoms with Crippen molar-refractivity contribution in [2.45, 2.75) is 27.7 Å². The van der Waals surface area contributed by atoms with Crippen molar-refractivity contribution in [3.8, 4) is 0 Å². The van der Waals surface area contributed by atoms with Gasteiger partial charge in [0.2, 0.25) is 0 Å². The van der Waals surface area contributed by atoms with Gasteiger partial charge in [-0.1, -0.05) is 32.0 Å². The monoisotopic (exact) mass is 289 g/mol. The highest BCUT2D eigenvalue weighted by molar-refractivity contribution is 5.91. The minimum Gasteiger partial charge on any atom is -0.322 e. The number of aryl methyl sites for hydroxylation is 2. The standard InChI is InChI=1S/C17H27N3O/c1-13(2)12-19-8-10-20(11-9-19)17(21)18-16-14(3)6-5-7-15(16)4/h5-7,13H,8-12H2,1-4H3,(H,18,21). The number of nitrogens with zero attached hydrogens (tertiary/aromatic N) is 2. The van der Waals surface area contributed by atoms with E-state index in [2.05, 4.69) is 24.1 Å². The Morgan fingerprint density at radius 1 is 1.14 bits per heavy atom. The zero-order valence-electron chi connectivity index (χ0n) is 13.6. The summed E-state index contributed by atoms with van der Waals surface area (Å²) in [6.07, 6.45) is 0. The molecule has 0 radical (unpaired) electrons. The van der Waals surface area contributed by atoms with Crippen LogP contribution in [-0.4, -0.2) is 48.6 Å². The van der Waals surface area contributed by atoms with Gasteiger partial charge in [-0.3, -0.25) is 4.90 Å². The first kappa shape index (κ1) is 15.8. The lowest BCUT2D eigenvalue weighted by molar-refractivity contribution is 0.138. The molecule has 0 atom stereocenters. The van der Waals surface area contributed by atoms with Crippen LogP contribution in [0, 0.1) is 19.8 Å². The van der Waals surface area contributed by atoms with E-state index in [1.165, 1.54) is 0 Å². The topological polar surface area (TPSA) is 35.6 Å². The Bertz CT molecular complexity index is 471. The van der Waals surface area contributed by atoms with Gasteiger partial charge in [-0.25, -0.2) is 4.79 Å². The minimum absolute atomic E-state index is 0.0246. The van der Waals surface area contributed by atoms with Crippen molar-refractivity contribution in [3.05, 3.63) is 29.3 Å². The summed E-state index contributed by atoms with van der Waals surface area (Å²) < 4.78 is 0. The number of benzene rings is 1. The number of rotatable bonds is 3. The van der Waals surface area contributed by atoms with Crippen molar-refractivity contribution in [3.63, 3.8) is 0 Å². The molecule has 0 aromatic heterocycles. The third-order valence-corrected chi connectivity index (χ3v) is 4.00. The number of hydrogen-bond acceptors (Lipinski definition) is 2. The summed E-state index contributed by atoms with van der Waals surface area (Å²) >= 11 is 0. The van der Waals surface area contributed by atoms with Gasteiger partial charge in [0, 0.05) is 38.4 Å². The summed E-state index contributed by atoms with van der Waals surface area (Å²) in [7, 11) is 0. The largest absolute Gasteiger partial charge is 0.322 e. The molecule has 2 amide bonds. The maximum Gasteiger partial charge on any atom is 0.321 e. The maximum atomic E-state index is 12.4. The molecule has 0 unspecified atom stereocenters. The number of para-hydroxylation sites is 1. The van der Waals surface area contributed by atoms with Crippen LogP contribution >= 0.6 is 0 Å². The number of urea groups is 1. The first-order chi connectivity index (χ1) is 9.97. The molecule has 21 heavy (non-hydrogen) atoms. The third kappa shape index (κ3) is 4.21. The van der Waals surface area contributed by atoms with Gasteiger partial charge < -0.3 is 10.2 Å². The van der Waals surface area contributed by atoms with Gasteiger partial charge in [-0.2, -0.15) is 0 Å². The van der Waals surface area contributed by atoms with Gasteiger partial charge in [0.15, 0.2) is 0 Å². The predicted octanol–water partition coefficient (Wildman–Crippen LogP) is 3.11. The fraction of sp³-hybridized carbons (Fsp3) is 0.588. The molecule has 1 aromatic rings. The van der Waals surface area contributed by atoms with Crippen molar-refractivity contribution < 1.29 is 4.79 Å². The molecular weight excluding hydrogens is 262 g/mol. The molecule has 1 aliphatic rings.